The Morgan fingerprint density at radius 2 is 1.81 bits per heavy atom. The van der Waals surface area contributed by atoms with Gasteiger partial charge >= 0.3 is 0 Å². The molecule has 2 aromatic heterocycles. The van der Waals surface area contributed by atoms with Crippen molar-refractivity contribution in [3.05, 3.63) is 76.5 Å². The first-order chi connectivity index (χ1) is 12.6. The molecular weight excluding hydrogens is 389 g/mol. The van der Waals surface area contributed by atoms with Gasteiger partial charge in [0.15, 0.2) is 0 Å². The van der Waals surface area contributed by atoms with E-state index in [4.69, 9.17) is 23.2 Å². The number of hydrogen-bond acceptors (Lipinski definition) is 4. The Bertz CT molecular complexity index is 1090. The second-order valence-electron chi connectivity index (χ2n) is 5.48. The van der Waals surface area contributed by atoms with Crippen LogP contribution in [0.25, 0.3) is 20.8 Å². The molecule has 0 fully saturated rings. The molecule has 26 heavy (non-hydrogen) atoms. The maximum atomic E-state index is 12.6. The van der Waals surface area contributed by atoms with Crippen LogP contribution in [0.3, 0.4) is 0 Å². The Hall–Kier alpha value is -2.47. The molecule has 0 aliphatic carbocycles. The molecule has 0 saturated carbocycles. The van der Waals surface area contributed by atoms with Crippen LogP contribution in [0.15, 0.2) is 60.8 Å². The molecule has 0 aliphatic rings. The molecule has 0 saturated heterocycles. The number of thiazole rings is 1. The summed E-state index contributed by atoms with van der Waals surface area (Å²) in [6.07, 6.45) is 1.39. The topological polar surface area (TPSA) is 54.9 Å². The van der Waals surface area contributed by atoms with Crippen molar-refractivity contribution in [1.82, 2.24) is 9.97 Å². The number of hydrogen-bond donors (Lipinski definition) is 1. The van der Waals surface area contributed by atoms with Crippen LogP contribution in [0.4, 0.5) is 5.69 Å². The highest BCUT2D eigenvalue weighted by Crippen LogP contribution is 2.34. The number of fused-ring (bicyclic) bond motifs is 1. The molecule has 4 rings (SSSR count). The second kappa shape index (κ2) is 7.03. The average molecular weight is 400 g/mol. The van der Waals surface area contributed by atoms with E-state index < -0.39 is 0 Å². The number of carbonyl (C=O) groups excluding carboxylic acids is 1. The number of nitrogens with zero attached hydrogens (tertiary/aromatic N) is 2. The summed E-state index contributed by atoms with van der Waals surface area (Å²) < 4.78 is 1.09. The van der Waals surface area contributed by atoms with E-state index in [-0.39, 0.29) is 16.1 Å². The Labute approximate surface area is 163 Å². The van der Waals surface area contributed by atoms with Gasteiger partial charge in [0.05, 0.1) is 26.5 Å². The number of para-hydroxylation sites is 2. The van der Waals surface area contributed by atoms with Gasteiger partial charge in [0.25, 0.3) is 5.91 Å². The highest BCUT2D eigenvalue weighted by molar-refractivity contribution is 7.21. The number of amides is 1. The predicted octanol–water partition coefficient (Wildman–Crippen LogP) is 5.92. The molecule has 0 radical (unpaired) electrons. The summed E-state index contributed by atoms with van der Waals surface area (Å²) in [6.45, 7) is 0. The number of benzene rings is 2. The Morgan fingerprint density at radius 1 is 1.04 bits per heavy atom. The molecule has 0 atom stereocenters. The lowest BCUT2D eigenvalue weighted by molar-refractivity contribution is 0.102. The van der Waals surface area contributed by atoms with Crippen molar-refractivity contribution in [3.63, 3.8) is 0 Å². The molecular formula is C19H11Cl2N3OS. The first-order valence-corrected chi connectivity index (χ1v) is 9.26. The molecule has 2 heterocycles. The molecule has 4 aromatic rings. The maximum Gasteiger partial charge on any atom is 0.257 e. The third kappa shape index (κ3) is 3.29. The molecule has 0 spiro atoms. The van der Waals surface area contributed by atoms with Gasteiger partial charge in [-0.3, -0.25) is 4.79 Å². The number of nitrogens with one attached hydrogen (secondary N) is 1. The molecule has 7 heteroatoms. The fourth-order valence-electron chi connectivity index (χ4n) is 2.51. The van der Waals surface area contributed by atoms with Crippen LogP contribution < -0.4 is 5.32 Å². The van der Waals surface area contributed by atoms with Gasteiger partial charge in [0, 0.05) is 11.8 Å². The third-order valence-corrected chi connectivity index (χ3v) is 5.51. The first kappa shape index (κ1) is 17.0. The number of anilines is 1. The van der Waals surface area contributed by atoms with E-state index >= 15 is 0 Å². The Balaban J connectivity index is 1.69. The molecule has 128 valence electrons. The summed E-state index contributed by atoms with van der Waals surface area (Å²) in [7, 11) is 0. The summed E-state index contributed by atoms with van der Waals surface area (Å²) >= 11 is 13.3. The van der Waals surface area contributed by atoms with E-state index in [2.05, 4.69) is 15.3 Å². The van der Waals surface area contributed by atoms with Crippen LogP contribution in [-0.2, 0) is 0 Å². The van der Waals surface area contributed by atoms with E-state index in [1.165, 1.54) is 12.3 Å². The highest BCUT2D eigenvalue weighted by Gasteiger charge is 2.14. The van der Waals surface area contributed by atoms with Gasteiger partial charge in [-0.05, 0) is 30.3 Å². The predicted molar refractivity (Wildman–Crippen MR) is 107 cm³/mol. The zero-order valence-electron chi connectivity index (χ0n) is 13.2. The number of pyridine rings is 1. The van der Waals surface area contributed by atoms with E-state index in [9.17, 15) is 4.79 Å². The SMILES string of the molecule is O=C(Nc1ccccc1-c1nc2ccccc2s1)c1cnc(Cl)c(Cl)c1. The van der Waals surface area contributed by atoms with Gasteiger partial charge in [-0.2, -0.15) is 0 Å². The van der Waals surface area contributed by atoms with Crippen LogP contribution >= 0.6 is 34.5 Å². The molecule has 1 N–H and O–H groups in total. The molecule has 0 aliphatic heterocycles. The number of aromatic nitrogens is 2. The van der Waals surface area contributed by atoms with Gasteiger partial charge in [-0.25, -0.2) is 9.97 Å². The fourth-order valence-corrected chi connectivity index (χ4v) is 3.78. The number of rotatable bonds is 3. The number of carbonyl (C=O) groups is 1. The zero-order chi connectivity index (χ0) is 18.1. The van der Waals surface area contributed by atoms with E-state index in [0.29, 0.717) is 11.3 Å². The van der Waals surface area contributed by atoms with E-state index in [1.807, 2.05) is 48.5 Å². The Kier molecular flexibility index (Phi) is 4.59. The van der Waals surface area contributed by atoms with Gasteiger partial charge < -0.3 is 5.32 Å². The third-order valence-electron chi connectivity index (χ3n) is 3.76. The molecule has 0 unspecified atom stereocenters. The van der Waals surface area contributed by atoms with Crippen molar-refractivity contribution in [3.8, 4) is 10.6 Å². The van der Waals surface area contributed by atoms with E-state index in [0.717, 1.165) is 20.8 Å². The van der Waals surface area contributed by atoms with Crippen molar-refractivity contribution in [2.24, 2.45) is 0 Å². The minimum absolute atomic E-state index is 0.165. The Morgan fingerprint density at radius 3 is 2.62 bits per heavy atom. The number of halogens is 2. The summed E-state index contributed by atoms with van der Waals surface area (Å²) in [5.74, 6) is -0.315. The van der Waals surface area contributed by atoms with Crippen LogP contribution in [0, 0.1) is 0 Å². The molecule has 0 bridgehead atoms. The quantitative estimate of drug-likeness (QED) is 0.435. The monoisotopic (exact) mass is 399 g/mol. The average Bonchev–Trinajstić information content (AvgIpc) is 3.08. The van der Waals surface area contributed by atoms with Gasteiger partial charge in [0.1, 0.15) is 10.2 Å². The summed E-state index contributed by atoms with van der Waals surface area (Å²) in [4.78, 5) is 21.1. The molecule has 2 aromatic carbocycles. The minimum atomic E-state index is -0.315. The highest BCUT2D eigenvalue weighted by atomic mass is 35.5. The van der Waals surface area contributed by atoms with Crippen LogP contribution in [0.5, 0.6) is 0 Å². The lowest BCUT2D eigenvalue weighted by atomic mass is 10.1. The normalized spacial score (nSPS) is 10.8. The second-order valence-corrected chi connectivity index (χ2v) is 7.28. The van der Waals surface area contributed by atoms with Gasteiger partial charge in [-0.15, -0.1) is 11.3 Å². The standard InChI is InChI=1S/C19H11Cl2N3OS/c20-13-9-11(10-22-17(13)21)18(25)23-14-6-2-1-5-12(14)19-24-15-7-3-4-8-16(15)26-19/h1-10H,(H,23,25). The summed E-state index contributed by atoms with van der Waals surface area (Å²) in [5, 5.41) is 4.14. The van der Waals surface area contributed by atoms with Gasteiger partial charge in [0.2, 0.25) is 0 Å². The van der Waals surface area contributed by atoms with Crippen molar-refractivity contribution in [2.75, 3.05) is 5.32 Å². The summed E-state index contributed by atoms with van der Waals surface area (Å²) in [6, 6.07) is 17.0. The van der Waals surface area contributed by atoms with Gasteiger partial charge in [-0.1, -0.05) is 47.5 Å². The lowest BCUT2D eigenvalue weighted by Crippen LogP contribution is -2.13. The van der Waals surface area contributed by atoms with Crippen LogP contribution in [0.1, 0.15) is 10.4 Å². The van der Waals surface area contributed by atoms with Crippen LogP contribution in [0.2, 0.25) is 10.2 Å². The lowest BCUT2D eigenvalue weighted by Gasteiger charge is -2.09. The summed E-state index contributed by atoms with van der Waals surface area (Å²) in [5.41, 5.74) is 2.79. The van der Waals surface area contributed by atoms with Crippen LogP contribution in [-0.4, -0.2) is 15.9 Å². The van der Waals surface area contributed by atoms with E-state index in [1.54, 1.807) is 11.3 Å². The van der Waals surface area contributed by atoms with Crippen molar-refractivity contribution >= 4 is 56.3 Å². The molecule has 1 amide bonds. The largest absolute Gasteiger partial charge is 0.321 e. The molecule has 4 nitrogen and oxygen atoms in total. The zero-order valence-corrected chi connectivity index (χ0v) is 15.6. The van der Waals surface area contributed by atoms with Crippen molar-refractivity contribution < 1.29 is 4.79 Å². The maximum absolute atomic E-state index is 12.6. The van der Waals surface area contributed by atoms with Crippen molar-refractivity contribution in [2.45, 2.75) is 0 Å². The minimum Gasteiger partial charge on any atom is -0.321 e. The first-order valence-electron chi connectivity index (χ1n) is 7.69. The smallest absolute Gasteiger partial charge is 0.257 e. The van der Waals surface area contributed by atoms with Crippen molar-refractivity contribution in [1.29, 1.82) is 0 Å². The fraction of sp³-hybridized carbons (Fsp3) is 0.